The summed E-state index contributed by atoms with van der Waals surface area (Å²) in [5.41, 5.74) is 1.46. The summed E-state index contributed by atoms with van der Waals surface area (Å²) >= 11 is 0. The van der Waals surface area contributed by atoms with E-state index < -0.39 is 0 Å². The lowest BCUT2D eigenvalue weighted by atomic mass is 10.2. The van der Waals surface area contributed by atoms with E-state index in [0.29, 0.717) is 17.4 Å². The molecule has 0 bridgehead atoms. The Bertz CT molecular complexity index is 778. The summed E-state index contributed by atoms with van der Waals surface area (Å²) in [4.78, 5) is 16.5. The van der Waals surface area contributed by atoms with E-state index in [2.05, 4.69) is 4.98 Å². The van der Waals surface area contributed by atoms with Gasteiger partial charge in [0.05, 0.1) is 23.8 Å². The molecule has 0 amide bonds. The van der Waals surface area contributed by atoms with Crippen LogP contribution in [0.15, 0.2) is 59.7 Å². The first-order chi connectivity index (χ1) is 9.24. The van der Waals surface area contributed by atoms with Crippen molar-refractivity contribution in [1.82, 2.24) is 9.55 Å². The predicted molar refractivity (Wildman–Crippen MR) is 71.5 cm³/mol. The molecule has 1 aromatic heterocycles. The average Bonchev–Trinajstić information content (AvgIpc) is 2.45. The standard InChI is InChI=1S/C15H11FN2O/c16-12-7-5-11(6-8-12)9-18-10-17-14-4-2-1-3-13(14)15(18)19/h1-8,10H,9H2. The molecule has 0 saturated carbocycles. The molecule has 0 aliphatic rings. The summed E-state index contributed by atoms with van der Waals surface area (Å²) < 4.78 is 14.4. The molecule has 0 unspecified atom stereocenters. The minimum Gasteiger partial charge on any atom is -0.294 e. The summed E-state index contributed by atoms with van der Waals surface area (Å²) in [7, 11) is 0. The van der Waals surface area contributed by atoms with Crippen molar-refractivity contribution in [2.24, 2.45) is 0 Å². The van der Waals surface area contributed by atoms with Gasteiger partial charge in [0.15, 0.2) is 0 Å². The molecule has 1 heterocycles. The second kappa shape index (κ2) is 4.65. The van der Waals surface area contributed by atoms with E-state index in [1.165, 1.54) is 23.0 Å². The summed E-state index contributed by atoms with van der Waals surface area (Å²) in [5, 5.41) is 0.590. The monoisotopic (exact) mass is 254 g/mol. The predicted octanol–water partition coefficient (Wildman–Crippen LogP) is 2.58. The Morgan fingerprint density at radius 3 is 2.58 bits per heavy atom. The molecule has 0 radical (unpaired) electrons. The Morgan fingerprint density at radius 2 is 1.79 bits per heavy atom. The summed E-state index contributed by atoms with van der Waals surface area (Å²) in [6, 6.07) is 13.3. The fourth-order valence-corrected chi connectivity index (χ4v) is 2.01. The van der Waals surface area contributed by atoms with Gasteiger partial charge in [-0.3, -0.25) is 9.36 Å². The van der Waals surface area contributed by atoms with Crippen LogP contribution >= 0.6 is 0 Å². The Hall–Kier alpha value is -2.49. The van der Waals surface area contributed by atoms with Crippen molar-refractivity contribution in [1.29, 1.82) is 0 Å². The van der Waals surface area contributed by atoms with Gasteiger partial charge in [0.1, 0.15) is 5.82 Å². The smallest absolute Gasteiger partial charge is 0.261 e. The van der Waals surface area contributed by atoms with Gasteiger partial charge in [-0.2, -0.15) is 0 Å². The third-order valence-corrected chi connectivity index (χ3v) is 3.00. The van der Waals surface area contributed by atoms with Crippen LogP contribution in [-0.4, -0.2) is 9.55 Å². The number of hydrogen-bond acceptors (Lipinski definition) is 2. The van der Waals surface area contributed by atoms with Gasteiger partial charge in [-0.25, -0.2) is 9.37 Å². The van der Waals surface area contributed by atoms with Gasteiger partial charge in [-0.15, -0.1) is 0 Å². The molecule has 2 aromatic carbocycles. The molecule has 3 aromatic rings. The van der Waals surface area contributed by atoms with Crippen LogP contribution < -0.4 is 5.56 Å². The molecule has 94 valence electrons. The molecule has 0 aliphatic heterocycles. The van der Waals surface area contributed by atoms with Crippen LogP contribution in [0.25, 0.3) is 10.9 Å². The molecule has 19 heavy (non-hydrogen) atoms. The van der Waals surface area contributed by atoms with Crippen LogP contribution in [0.4, 0.5) is 4.39 Å². The average molecular weight is 254 g/mol. The normalized spacial score (nSPS) is 10.8. The highest BCUT2D eigenvalue weighted by Crippen LogP contribution is 2.07. The number of benzene rings is 2. The molecule has 0 atom stereocenters. The van der Waals surface area contributed by atoms with Crippen molar-refractivity contribution in [2.75, 3.05) is 0 Å². The maximum absolute atomic E-state index is 12.8. The van der Waals surface area contributed by atoms with Gasteiger partial charge >= 0.3 is 0 Å². The zero-order valence-corrected chi connectivity index (χ0v) is 10.1. The Balaban J connectivity index is 2.04. The molecule has 3 nitrogen and oxygen atoms in total. The first-order valence-corrected chi connectivity index (χ1v) is 5.93. The van der Waals surface area contributed by atoms with E-state index in [-0.39, 0.29) is 11.4 Å². The topological polar surface area (TPSA) is 34.9 Å². The summed E-state index contributed by atoms with van der Waals surface area (Å²) in [6.45, 7) is 0.386. The van der Waals surface area contributed by atoms with Crippen LogP contribution in [0.5, 0.6) is 0 Å². The quantitative estimate of drug-likeness (QED) is 0.704. The number of hydrogen-bond donors (Lipinski definition) is 0. The highest BCUT2D eigenvalue weighted by molar-refractivity contribution is 5.76. The van der Waals surface area contributed by atoms with Crippen LogP contribution in [0.1, 0.15) is 5.56 Å². The highest BCUT2D eigenvalue weighted by atomic mass is 19.1. The van der Waals surface area contributed by atoms with Crippen molar-refractivity contribution in [3.05, 3.63) is 76.6 Å². The van der Waals surface area contributed by atoms with E-state index in [0.717, 1.165) is 5.56 Å². The lowest BCUT2D eigenvalue weighted by molar-refractivity contribution is 0.626. The highest BCUT2D eigenvalue weighted by Gasteiger charge is 2.03. The number of para-hydroxylation sites is 1. The van der Waals surface area contributed by atoms with Crippen LogP contribution in [-0.2, 0) is 6.54 Å². The van der Waals surface area contributed by atoms with Crippen LogP contribution in [0, 0.1) is 5.82 Å². The summed E-state index contributed by atoms with van der Waals surface area (Å²) in [6.07, 6.45) is 1.52. The van der Waals surface area contributed by atoms with Crippen LogP contribution in [0.3, 0.4) is 0 Å². The van der Waals surface area contributed by atoms with Gasteiger partial charge < -0.3 is 0 Å². The van der Waals surface area contributed by atoms with E-state index in [1.54, 1.807) is 24.3 Å². The number of rotatable bonds is 2. The molecule has 4 heteroatoms. The molecular weight excluding hydrogens is 243 g/mol. The first kappa shape index (κ1) is 11.6. The molecule has 0 fully saturated rings. The SMILES string of the molecule is O=c1c2ccccc2ncn1Cc1ccc(F)cc1. The third-order valence-electron chi connectivity index (χ3n) is 3.00. The van der Waals surface area contributed by atoms with Crippen molar-refractivity contribution in [2.45, 2.75) is 6.54 Å². The largest absolute Gasteiger partial charge is 0.294 e. The molecule has 0 N–H and O–H groups in total. The molecule has 0 spiro atoms. The van der Waals surface area contributed by atoms with Crippen LogP contribution in [0.2, 0.25) is 0 Å². The van der Waals surface area contributed by atoms with Crippen molar-refractivity contribution in [3.8, 4) is 0 Å². The number of aromatic nitrogens is 2. The van der Waals surface area contributed by atoms with Gasteiger partial charge in [0.2, 0.25) is 0 Å². The minimum absolute atomic E-state index is 0.0880. The van der Waals surface area contributed by atoms with E-state index in [4.69, 9.17) is 0 Å². The molecule has 0 saturated heterocycles. The van der Waals surface area contributed by atoms with Gasteiger partial charge in [0.25, 0.3) is 5.56 Å². The van der Waals surface area contributed by atoms with Gasteiger partial charge in [-0.1, -0.05) is 24.3 Å². The molecule has 0 aliphatic carbocycles. The maximum Gasteiger partial charge on any atom is 0.261 e. The number of nitrogens with zero attached hydrogens (tertiary/aromatic N) is 2. The second-order valence-corrected chi connectivity index (χ2v) is 4.32. The van der Waals surface area contributed by atoms with Crippen molar-refractivity contribution in [3.63, 3.8) is 0 Å². The second-order valence-electron chi connectivity index (χ2n) is 4.32. The Morgan fingerprint density at radius 1 is 1.05 bits per heavy atom. The fourth-order valence-electron chi connectivity index (χ4n) is 2.01. The zero-order chi connectivity index (χ0) is 13.2. The summed E-state index contributed by atoms with van der Waals surface area (Å²) in [5.74, 6) is -0.285. The van der Waals surface area contributed by atoms with Crippen molar-refractivity contribution < 1.29 is 4.39 Å². The van der Waals surface area contributed by atoms with E-state index in [9.17, 15) is 9.18 Å². The number of halogens is 1. The van der Waals surface area contributed by atoms with Gasteiger partial charge in [0, 0.05) is 0 Å². The maximum atomic E-state index is 12.8. The minimum atomic E-state index is -0.285. The fraction of sp³-hybridized carbons (Fsp3) is 0.0667. The van der Waals surface area contributed by atoms with E-state index in [1.807, 2.05) is 12.1 Å². The zero-order valence-electron chi connectivity index (χ0n) is 10.1. The first-order valence-electron chi connectivity index (χ1n) is 5.93. The van der Waals surface area contributed by atoms with Crippen molar-refractivity contribution >= 4 is 10.9 Å². The lowest BCUT2D eigenvalue weighted by Gasteiger charge is -2.06. The molecular formula is C15H11FN2O. The third kappa shape index (κ3) is 2.25. The Labute approximate surface area is 109 Å². The Kier molecular flexibility index (Phi) is 2.83. The van der Waals surface area contributed by atoms with E-state index >= 15 is 0 Å². The molecule has 3 rings (SSSR count). The lowest BCUT2D eigenvalue weighted by Crippen LogP contribution is -2.21. The van der Waals surface area contributed by atoms with Gasteiger partial charge in [-0.05, 0) is 29.8 Å². The number of fused-ring (bicyclic) bond motifs is 1.